The van der Waals surface area contributed by atoms with E-state index in [1.165, 1.54) is 6.33 Å². The minimum absolute atomic E-state index is 0.424. The molecule has 0 saturated carbocycles. The van der Waals surface area contributed by atoms with Crippen molar-refractivity contribution in [2.75, 3.05) is 24.8 Å². The molecule has 3 heterocycles. The van der Waals surface area contributed by atoms with Gasteiger partial charge in [-0.15, -0.1) is 0 Å². The van der Waals surface area contributed by atoms with Crippen molar-refractivity contribution in [2.45, 2.75) is 20.4 Å². The minimum Gasteiger partial charge on any atom is -0.497 e. The summed E-state index contributed by atoms with van der Waals surface area (Å²) < 4.78 is 6.97. The summed E-state index contributed by atoms with van der Waals surface area (Å²) in [6.07, 6.45) is 3.39. The van der Waals surface area contributed by atoms with Crippen molar-refractivity contribution in [2.24, 2.45) is 0 Å². The number of pyridine rings is 1. The van der Waals surface area contributed by atoms with Crippen LogP contribution in [-0.4, -0.2) is 38.9 Å². The highest BCUT2D eigenvalue weighted by Gasteiger charge is 2.18. The molecule has 31 heavy (non-hydrogen) atoms. The lowest BCUT2D eigenvalue weighted by Crippen LogP contribution is -2.15. The third-order valence-electron chi connectivity index (χ3n) is 5.14. The van der Waals surface area contributed by atoms with E-state index in [4.69, 9.17) is 10.5 Å². The maximum Gasteiger partial charge on any atom is 0.186 e. The number of anilines is 3. The number of benzene rings is 1. The van der Waals surface area contributed by atoms with Gasteiger partial charge in [-0.3, -0.25) is 4.68 Å². The van der Waals surface area contributed by atoms with Crippen molar-refractivity contribution in [3.8, 4) is 11.8 Å². The monoisotopic (exact) mass is 414 g/mol. The predicted molar refractivity (Wildman–Crippen MR) is 118 cm³/mol. The van der Waals surface area contributed by atoms with Crippen molar-refractivity contribution in [1.29, 1.82) is 5.26 Å². The van der Waals surface area contributed by atoms with Gasteiger partial charge in [0.1, 0.15) is 23.7 Å². The minimum atomic E-state index is 0.424. The van der Waals surface area contributed by atoms with Crippen LogP contribution in [0.1, 0.15) is 22.4 Å². The summed E-state index contributed by atoms with van der Waals surface area (Å²) in [5.41, 5.74) is 10.6. The van der Waals surface area contributed by atoms with Crippen LogP contribution in [0, 0.1) is 25.2 Å². The second kappa shape index (κ2) is 7.91. The zero-order valence-electron chi connectivity index (χ0n) is 17.8. The molecule has 0 aliphatic heterocycles. The van der Waals surface area contributed by atoms with E-state index in [1.807, 2.05) is 50.2 Å². The molecular formula is C22H22N8O. The molecule has 0 spiro atoms. The number of ether oxygens (including phenoxy) is 1. The molecule has 156 valence electrons. The molecule has 1 aromatic carbocycles. The fourth-order valence-corrected chi connectivity index (χ4v) is 3.79. The second-order valence-electron chi connectivity index (χ2n) is 7.25. The molecule has 0 amide bonds. The fourth-order valence-electron chi connectivity index (χ4n) is 3.79. The molecule has 0 unspecified atom stereocenters. The Morgan fingerprint density at radius 3 is 2.74 bits per heavy atom. The lowest BCUT2D eigenvalue weighted by atomic mass is 10.1. The van der Waals surface area contributed by atoms with Gasteiger partial charge >= 0.3 is 0 Å². The number of hydrogen-bond donors (Lipinski definition) is 1. The maximum absolute atomic E-state index is 9.49. The molecule has 0 bridgehead atoms. The van der Waals surface area contributed by atoms with Gasteiger partial charge in [-0.1, -0.05) is 6.07 Å². The molecule has 0 aliphatic rings. The molecule has 2 N–H and O–H groups in total. The standard InChI is InChI=1S/C22H22N8O/c1-13-7-19(24)27-14(2)20(13)29(3)22-18-11-30(28-21(18)25-12-26-22)10-15-5-6-17(31-4)8-16(15)9-23/h5-8,11-12H,10H2,1-4H3,(H2,24,27). The van der Waals surface area contributed by atoms with Crippen molar-refractivity contribution in [3.63, 3.8) is 0 Å². The zero-order valence-corrected chi connectivity index (χ0v) is 17.8. The number of nitrogen functional groups attached to an aromatic ring is 1. The number of aryl methyl sites for hydroxylation is 2. The number of nitrogens with zero attached hydrogens (tertiary/aromatic N) is 7. The summed E-state index contributed by atoms with van der Waals surface area (Å²) in [5.74, 6) is 1.84. The normalized spacial score (nSPS) is 10.8. The first-order valence-corrected chi connectivity index (χ1v) is 9.64. The number of nitrogens with two attached hydrogens (primary N) is 1. The van der Waals surface area contributed by atoms with Crippen LogP contribution in [0.5, 0.6) is 5.75 Å². The summed E-state index contributed by atoms with van der Waals surface area (Å²) in [6.45, 7) is 4.34. The van der Waals surface area contributed by atoms with Crippen LogP contribution in [0.3, 0.4) is 0 Å². The van der Waals surface area contributed by atoms with Crippen molar-refractivity contribution in [3.05, 3.63) is 59.2 Å². The van der Waals surface area contributed by atoms with Crippen LogP contribution in [0.25, 0.3) is 11.0 Å². The molecular weight excluding hydrogens is 392 g/mol. The van der Waals surface area contributed by atoms with Gasteiger partial charge in [-0.25, -0.2) is 15.0 Å². The van der Waals surface area contributed by atoms with E-state index in [1.54, 1.807) is 17.9 Å². The third-order valence-corrected chi connectivity index (χ3v) is 5.14. The summed E-state index contributed by atoms with van der Waals surface area (Å²) in [4.78, 5) is 15.2. The van der Waals surface area contributed by atoms with E-state index in [0.717, 1.165) is 27.9 Å². The Balaban J connectivity index is 1.74. The highest BCUT2D eigenvalue weighted by atomic mass is 16.5. The molecule has 4 rings (SSSR count). The summed E-state index contributed by atoms with van der Waals surface area (Å²) in [5, 5.41) is 14.9. The first kappa shape index (κ1) is 20.1. The van der Waals surface area contributed by atoms with E-state index in [9.17, 15) is 5.26 Å². The lowest BCUT2D eigenvalue weighted by molar-refractivity contribution is 0.414. The molecule has 9 nitrogen and oxygen atoms in total. The Hall–Kier alpha value is -4.19. The van der Waals surface area contributed by atoms with E-state index < -0.39 is 0 Å². The Morgan fingerprint density at radius 2 is 2.03 bits per heavy atom. The summed E-state index contributed by atoms with van der Waals surface area (Å²) in [7, 11) is 3.51. The van der Waals surface area contributed by atoms with Gasteiger partial charge in [0.2, 0.25) is 0 Å². The van der Waals surface area contributed by atoms with Crippen LogP contribution < -0.4 is 15.4 Å². The Bertz CT molecular complexity index is 1300. The first-order chi connectivity index (χ1) is 14.9. The average Bonchev–Trinajstić information content (AvgIpc) is 3.15. The smallest absolute Gasteiger partial charge is 0.186 e. The predicted octanol–water partition coefficient (Wildman–Crippen LogP) is 3.12. The number of rotatable bonds is 5. The average molecular weight is 414 g/mol. The van der Waals surface area contributed by atoms with Crippen LogP contribution in [0.4, 0.5) is 17.3 Å². The van der Waals surface area contributed by atoms with Crippen molar-refractivity contribution >= 4 is 28.4 Å². The number of hydrogen-bond acceptors (Lipinski definition) is 8. The van der Waals surface area contributed by atoms with Crippen molar-refractivity contribution in [1.82, 2.24) is 24.7 Å². The van der Waals surface area contributed by atoms with E-state index in [-0.39, 0.29) is 0 Å². The van der Waals surface area contributed by atoms with Gasteiger partial charge < -0.3 is 15.4 Å². The van der Waals surface area contributed by atoms with Crippen LogP contribution in [-0.2, 0) is 6.54 Å². The topological polar surface area (TPSA) is 119 Å². The Morgan fingerprint density at radius 1 is 1.23 bits per heavy atom. The summed E-state index contributed by atoms with van der Waals surface area (Å²) in [6, 6.07) is 9.48. The lowest BCUT2D eigenvalue weighted by Gasteiger charge is -2.22. The number of aromatic nitrogens is 5. The van der Waals surface area contributed by atoms with Gasteiger partial charge in [0.05, 0.1) is 42.1 Å². The molecule has 0 saturated heterocycles. The quantitative estimate of drug-likeness (QED) is 0.529. The highest BCUT2D eigenvalue weighted by molar-refractivity contribution is 5.89. The number of nitriles is 1. The Kier molecular flexibility index (Phi) is 5.13. The van der Waals surface area contributed by atoms with E-state index >= 15 is 0 Å². The molecule has 0 atom stereocenters. The van der Waals surface area contributed by atoms with Gasteiger partial charge in [0.15, 0.2) is 5.65 Å². The van der Waals surface area contributed by atoms with Crippen LogP contribution in [0.2, 0.25) is 0 Å². The van der Waals surface area contributed by atoms with E-state index in [0.29, 0.717) is 35.1 Å². The van der Waals surface area contributed by atoms with Crippen LogP contribution in [0.15, 0.2) is 36.8 Å². The summed E-state index contributed by atoms with van der Waals surface area (Å²) >= 11 is 0. The third kappa shape index (κ3) is 3.71. The SMILES string of the molecule is COc1ccc(Cn2cc3c(N(C)c4c(C)cc(N)nc4C)ncnc3n2)c(C#N)c1. The Labute approximate surface area is 179 Å². The van der Waals surface area contributed by atoms with E-state index in [2.05, 4.69) is 26.1 Å². The molecule has 0 radical (unpaired) electrons. The van der Waals surface area contributed by atoms with Gasteiger partial charge in [0, 0.05) is 13.2 Å². The molecule has 0 aliphatic carbocycles. The number of methoxy groups -OCH3 is 1. The molecule has 0 fully saturated rings. The maximum atomic E-state index is 9.49. The van der Waals surface area contributed by atoms with Crippen molar-refractivity contribution < 1.29 is 4.74 Å². The fraction of sp³-hybridized carbons (Fsp3) is 0.227. The molecule has 4 aromatic rings. The molecule has 9 heteroatoms. The van der Waals surface area contributed by atoms with Crippen LogP contribution >= 0.6 is 0 Å². The van der Waals surface area contributed by atoms with Gasteiger partial charge in [-0.2, -0.15) is 10.4 Å². The zero-order chi connectivity index (χ0) is 22.1. The number of fused-ring (bicyclic) bond motifs is 1. The van der Waals surface area contributed by atoms with Gasteiger partial charge in [-0.05, 0) is 43.2 Å². The van der Waals surface area contributed by atoms with Gasteiger partial charge in [0.25, 0.3) is 0 Å². The second-order valence-corrected chi connectivity index (χ2v) is 7.25. The molecule has 3 aromatic heterocycles. The first-order valence-electron chi connectivity index (χ1n) is 9.64. The largest absolute Gasteiger partial charge is 0.497 e. The highest BCUT2D eigenvalue weighted by Crippen LogP contribution is 2.32.